The van der Waals surface area contributed by atoms with Crippen LogP contribution in [0.2, 0.25) is 0 Å². The fraction of sp³-hybridized carbons (Fsp3) is 0.238. The highest BCUT2D eigenvalue weighted by Crippen LogP contribution is 2.25. The molecule has 0 saturated heterocycles. The number of hydrogen-bond acceptors (Lipinski definition) is 4. The van der Waals surface area contributed by atoms with E-state index in [9.17, 15) is 9.59 Å². The van der Waals surface area contributed by atoms with Gasteiger partial charge in [-0.3, -0.25) is 20.4 Å². The summed E-state index contributed by atoms with van der Waals surface area (Å²) in [6.07, 6.45) is 2.97. The van der Waals surface area contributed by atoms with Gasteiger partial charge in [-0.15, -0.1) is 0 Å². The van der Waals surface area contributed by atoms with Gasteiger partial charge in [-0.2, -0.15) is 0 Å². The summed E-state index contributed by atoms with van der Waals surface area (Å²) >= 11 is 0. The minimum Gasteiger partial charge on any atom is -0.497 e. The number of rotatable bonds is 7. The topological polar surface area (TPSA) is 76.7 Å². The van der Waals surface area contributed by atoms with Gasteiger partial charge >= 0.3 is 0 Å². The highest BCUT2D eigenvalue weighted by atomic mass is 16.5. The molecule has 2 amide bonds. The van der Waals surface area contributed by atoms with E-state index >= 15 is 0 Å². The van der Waals surface area contributed by atoms with Crippen LogP contribution in [0.1, 0.15) is 30.9 Å². The van der Waals surface area contributed by atoms with Gasteiger partial charge in [0.05, 0.1) is 7.11 Å². The first-order valence-electron chi connectivity index (χ1n) is 8.62. The number of carbonyl (C=O) groups is 2. The summed E-state index contributed by atoms with van der Waals surface area (Å²) in [5.74, 6) is 0.796. The molecule has 27 heavy (non-hydrogen) atoms. The summed E-state index contributed by atoms with van der Waals surface area (Å²) in [4.78, 5) is 23.6. The Morgan fingerprint density at radius 1 is 1.04 bits per heavy atom. The molecule has 142 valence electrons. The SMILES string of the molecule is COc1ccc(/C=C/C(=O)NNC(=O)COc2ccccc2C(C)C)cc1. The first kappa shape index (κ1) is 20.0. The van der Waals surface area contributed by atoms with E-state index < -0.39 is 11.8 Å². The minimum absolute atomic E-state index is 0.188. The van der Waals surface area contributed by atoms with Crippen molar-refractivity contribution >= 4 is 17.9 Å². The number of hydrazine groups is 1. The van der Waals surface area contributed by atoms with E-state index in [0.717, 1.165) is 16.9 Å². The van der Waals surface area contributed by atoms with Crippen molar-refractivity contribution in [3.63, 3.8) is 0 Å². The van der Waals surface area contributed by atoms with Crippen LogP contribution in [0.4, 0.5) is 0 Å². The Bertz CT molecular complexity index is 798. The van der Waals surface area contributed by atoms with Crippen LogP contribution in [0.25, 0.3) is 6.08 Å². The van der Waals surface area contributed by atoms with Crippen LogP contribution < -0.4 is 20.3 Å². The van der Waals surface area contributed by atoms with Gasteiger partial charge < -0.3 is 9.47 Å². The van der Waals surface area contributed by atoms with Gasteiger partial charge in [-0.05, 0) is 41.3 Å². The van der Waals surface area contributed by atoms with Crippen LogP contribution >= 0.6 is 0 Å². The Balaban J connectivity index is 1.78. The monoisotopic (exact) mass is 368 g/mol. The molecule has 6 heteroatoms. The largest absolute Gasteiger partial charge is 0.497 e. The van der Waals surface area contributed by atoms with Crippen LogP contribution in [-0.4, -0.2) is 25.5 Å². The highest BCUT2D eigenvalue weighted by molar-refractivity contribution is 5.93. The second-order valence-corrected chi connectivity index (χ2v) is 6.13. The van der Waals surface area contributed by atoms with Gasteiger partial charge in [0.25, 0.3) is 11.8 Å². The number of ether oxygens (including phenoxy) is 2. The van der Waals surface area contributed by atoms with E-state index in [1.54, 1.807) is 25.3 Å². The van der Waals surface area contributed by atoms with Crippen molar-refractivity contribution in [3.05, 3.63) is 65.7 Å². The molecule has 2 rings (SSSR count). The van der Waals surface area contributed by atoms with Gasteiger partial charge in [-0.25, -0.2) is 0 Å². The van der Waals surface area contributed by atoms with Gasteiger partial charge in [0.1, 0.15) is 11.5 Å². The zero-order valence-electron chi connectivity index (χ0n) is 15.7. The molecule has 0 fully saturated rings. The first-order chi connectivity index (χ1) is 13.0. The van der Waals surface area contributed by atoms with Crippen molar-refractivity contribution in [2.75, 3.05) is 13.7 Å². The summed E-state index contributed by atoms with van der Waals surface area (Å²) in [5.41, 5.74) is 6.50. The number of hydrogen-bond donors (Lipinski definition) is 2. The second kappa shape index (κ2) is 10.0. The molecule has 0 unspecified atom stereocenters. The Hall–Kier alpha value is -3.28. The lowest BCUT2D eigenvalue weighted by molar-refractivity contribution is -0.128. The fourth-order valence-electron chi connectivity index (χ4n) is 2.33. The average molecular weight is 368 g/mol. The molecule has 6 nitrogen and oxygen atoms in total. The molecule has 0 radical (unpaired) electrons. The molecule has 2 aromatic rings. The molecule has 2 aromatic carbocycles. The maximum atomic E-state index is 11.9. The van der Waals surface area contributed by atoms with Crippen LogP contribution in [-0.2, 0) is 9.59 Å². The molecule has 0 aromatic heterocycles. The summed E-state index contributed by atoms with van der Waals surface area (Å²) in [6, 6.07) is 14.8. The molecule has 0 aliphatic carbocycles. The van der Waals surface area contributed by atoms with E-state index in [1.807, 2.05) is 36.4 Å². The molecule has 0 aliphatic rings. The predicted molar refractivity (Wildman–Crippen MR) is 104 cm³/mol. The summed E-state index contributed by atoms with van der Waals surface area (Å²) < 4.78 is 10.6. The van der Waals surface area contributed by atoms with E-state index in [2.05, 4.69) is 24.7 Å². The second-order valence-electron chi connectivity index (χ2n) is 6.13. The smallest absolute Gasteiger partial charge is 0.276 e. The van der Waals surface area contributed by atoms with Crippen molar-refractivity contribution in [2.45, 2.75) is 19.8 Å². The van der Waals surface area contributed by atoms with E-state index in [0.29, 0.717) is 5.75 Å². The molecule has 0 spiro atoms. The van der Waals surface area contributed by atoms with Gasteiger partial charge in [0.2, 0.25) is 0 Å². The molecule has 0 heterocycles. The Morgan fingerprint density at radius 2 is 1.74 bits per heavy atom. The Kier molecular flexibility index (Phi) is 7.43. The zero-order valence-corrected chi connectivity index (χ0v) is 15.7. The van der Waals surface area contributed by atoms with Crippen LogP contribution in [0.15, 0.2) is 54.6 Å². The molecular weight excluding hydrogens is 344 g/mol. The maximum absolute atomic E-state index is 11.9. The number of benzene rings is 2. The predicted octanol–water partition coefficient (Wildman–Crippen LogP) is 3.06. The first-order valence-corrected chi connectivity index (χ1v) is 8.62. The summed E-state index contributed by atoms with van der Waals surface area (Å²) in [7, 11) is 1.59. The van der Waals surface area contributed by atoms with E-state index in [1.165, 1.54) is 6.08 Å². The molecule has 0 bridgehead atoms. The lowest BCUT2D eigenvalue weighted by Gasteiger charge is -2.13. The molecular formula is C21H24N2O4. The standard InChI is InChI=1S/C21H24N2O4/c1-15(2)18-6-4-5-7-19(18)27-14-21(25)23-22-20(24)13-10-16-8-11-17(26-3)12-9-16/h4-13,15H,14H2,1-3H3,(H,22,24)(H,23,25)/b13-10+. The van der Waals surface area contributed by atoms with Crippen LogP contribution in [0.5, 0.6) is 11.5 Å². The van der Waals surface area contributed by atoms with Crippen LogP contribution in [0, 0.1) is 0 Å². The zero-order chi connectivity index (χ0) is 19.6. The maximum Gasteiger partial charge on any atom is 0.276 e. The third-order valence-electron chi connectivity index (χ3n) is 3.77. The van der Waals surface area contributed by atoms with E-state index in [-0.39, 0.29) is 12.5 Å². The summed E-state index contributed by atoms with van der Waals surface area (Å²) in [5, 5.41) is 0. The fourth-order valence-corrected chi connectivity index (χ4v) is 2.33. The van der Waals surface area contributed by atoms with Crippen molar-refractivity contribution in [1.82, 2.24) is 10.9 Å². The van der Waals surface area contributed by atoms with Crippen molar-refractivity contribution < 1.29 is 19.1 Å². The molecule has 2 N–H and O–H groups in total. The number of methoxy groups -OCH3 is 1. The van der Waals surface area contributed by atoms with Crippen molar-refractivity contribution in [2.24, 2.45) is 0 Å². The Morgan fingerprint density at radius 3 is 2.41 bits per heavy atom. The van der Waals surface area contributed by atoms with Crippen molar-refractivity contribution in [1.29, 1.82) is 0 Å². The molecule has 0 atom stereocenters. The molecule has 0 aliphatic heterocycles. The number of amides is 2. The highest BCUT2D eigenvalue weighted by Gasteiger charge is 2.09. The van der Waals surface area contributed by atoms with Gasteiger partial charge in [0.15, 0.2) is 6.61 Å². The lowest BCUT2D eigenvalue weighted by Crippen LogP contribution is -2.43. The quantitative estimate of drug-likeness (QED) is 0.582. The van der Waals surface area contributed by atoms with Gasteiger partial charge in [0, 0.05) is 6.08 Å². The normalized spacial score (nSPS) is 10.7. The number of carbonyl (C=O) groups excluding carboxylic acids is 2. The lowest BCUT2D eigenvalue weighted by atomic mass is 10.0. The van der Waals surface area contributed by atoms with Crippen molar-refractivity contribution in [3.8, 4) is 11.5 Å². The third-order valence-corrected chi connectivity index (χ3v) is 3.77. The molecule has 0 saturated carbocycles. The average Bonchev–Trinajstić information content (AvgIpc) is 2.69. The van der Waals surface area contributed by atoms with E-state index in [4.69, 9.17) is 9.47 Å². The third kappa shape index (κ3) is 6.51. The number of nitrogens with one attached hydrogen (secondary N) is 2. The number of para-hydroxylation sites is 1. The minimum atomic E-state index is -0.445. The Labute approximate surface area is 159 Å². The van der Waals surface area contributed by atoms with Crippen LogP contribution in [0.3, 0.4) is 0 Å². The van der Waals surface area contributed by atoms with Gasteiger partial charge in [-0.1, -0.05) is 44.2 Å². The summed E-state index contributed by atoms with van der Waals surface area (Å²) in [6.45, 7) is 3.92.